The van der Waals surface area contributed by atoms with Gasteiger partial charge in [0, 0.05) is 12.8 Å². The average Bonchev–Trinajstić information content (AvgIpc) is 3.05. The normalized spacial score (nSPS) is 10.8. The first-order valence-electron chi connectivity index (χ1n) is 19.1. The number of carboxylic acid groups (broad SMARTS) is 1. The summed E-state index contributed by atoms with van der Waals surface area (Å²) in [5, 5.41) is 17.3. The summed E-state index contributed by atoms with van der Waals surface area (Å²) in [5.74, 6) is -1.66. The Morgan fingerprint density at radius 3 is 1.09 bits per heavy atom. The second-order valence-electron chi connectivity index (χ2n) is 13.0. The van der Waals surface area contributed by atoms with E-state index >= 15 is 0 Å². The number of carboxylic acids is 1. The van der Waals surface area contributed by atoms with Crippen LogP contribution in [0.1, 0.15) is 210 Å². The Balaban J connectivity index is 0.00000153. The van der Waals surface area contributed by atoms with Crippen molar-refractivity contribution in [2.75, 3.05) is 0 Å². The van der Waals surface area contributed by atoms with Crippen molar-refractivity contribution < 1.29 is 29.3 Å². The van der Waals surface area contributed by atoms with Crippen molar-refractivity contribution in [3.05, 3.63) is 35.4 Å². The summed E-state index contributed by atoms with van der Waals surface area (Å²) in [6, 6.07) is 6.37. The van der Waals surface area contributed by atoms with Crippen molar-refractivity contribution in [2.24, 2.45) is 0 Å². The number of aliphatic hydroxyl groups excluding tert-OH is 1. The smallest absolute Gasteiger partial charge is 0.336 e. The van der Waals surface area contributed by atoms with Crippen LogP contribution in [0.25, 0.3) is 0 Å². The Morgan fingerprint density at radius 2 is 0.804 bits per heavy atom. The summed E-state index contributed by atoms with van der Waals surface area (Å²) < 4.78 is 4.99. The van der Waals surface area contributed by atoms with Crippen LogP contribution < -0.4 is 0 Å². The van der Waals surface area contributed by atoms with Crippen LogP contribution in [0.4, 0.5) is 0 Å². The molecule has 0 spiro atoms. The van der Waals surface area contributed by atoms with E-state index in [9.17, 15) is 14.4 Å². The van der Waals surface area contributed by atoms with Crippen LogP contribution in [0.2, 0.25) is 0 Å². The highest BCUT2D eigenvalue weighted by Gasteiger charge is 2.10. The van der Waals surface area contributed by atoms with Gasteiger partial charge in [-0.25, -0.2) is 4.79 Å². The van der Waals surface area contributed by atoms with Crippen LogP contribution in [0, 0.1) is 0 Å². The zero-order valence-electron chi connectivity index (χ0n) is 29.8. The van der Waals surface area contributed by atoms with Gasteiger partial charge in [-0.15, -0.1) is 0 Å². The van der Waals surface area contributed by atoms with Gasteiger partial charge in [-0.1, -0.05) is 186 Å². The summed E-state index contributed by atoms with van der Waals surface area (Å²) in [6.45, 7) is 4.30. The molecule has 0 fully saturated rings. The molecule has 0 aliphatic heterocycles. The van der Waals surface area contributed by atoms with E-state index in [1.807, 2.05) is 0 Å². The van der Waals surface area contributed by atoms with Crippen LogP contribution in [-0.2, 0) is 20.9 Å². The maximum absolute atomic E-state index is 11.8. The molecule has 0 bridgehead atoms. The highest BCUT2D eigenvalue weighted by atomic mass is 16.6. The Kier molecular flexibility index (Phi) is 32.5. The van der Waals surface area contributed by atoms with E-state index in [0.29, 0.717) is 18.4 Å². The molecular weight excluding hydrogens is 576 g/mol. The number of ether oxygens (including phenoxy) is 1. The number of aromatic carboxylic acids is 1. The van der Waals surface area contributed by atoms with Gasteiger partial charge < -0.3 is 14.9 Å². The molecule has 0 unspecified atom stereocenters. The number of esters is 2. The highest BCUT2D eigenvalue weighted by molar-refractivity contribution is 5.89. The highest BCUT2D eigenvalue weighted by Crippen LogP contribution is 2.15. The zero-order valence-corrected chi connectivity index (χ0v) is 29.8. The van der Waals surface area contributed by atoms with Crippen LogP contribution in [-0.4, -0.2) is 28.1 Å². The molecule has 266 valence electrons. The summed E-state index contributed by atoms with van der Waals surface area (Å²) in [4.78, 5) is 34.2. The van der Waals surface area contributed by atoms with Gasteiger partial charge in [-0.3, -0.25) is 9.59 Å². The molecule has 0 heterocycles. The molecular formula is C40H70O6. The molecule has 0 atom stereocenters. The van der Waals surface area contributed by atoms with Gasteiger partial charge in [0.2, 0.25) is 0 Å². The Labute approximate surface area is 282 Å². The van der Waals surface area contributed by atoms with Crippen LogP contribution in [0.5, 0.6) is 0 Å². The molecule has 1 aromatic rings. The molecule has 0 aliphatic carbocycles. The molecule has 6 heteroatoms. The Bertz CT molecular complexity index is 812. The molecule has 0 saturated carbocycles. The van der Waals surface area contributed by atoms with Crippen LogP contribution in [0.3, 0.4) is 0 Å². The molecule has 1 aromatic carbocycles. The topological polar surface area (TPSA) is 101 Å². The third-order valence-corrected chi connectivity index (χ3v) is 8.61. The quantitative estimate of drug-likeness (QED) is 0.0490. The van der Waals surface area contributed by atoms with E-state index in [1.165, 1.54) is 147 Å². The van der Waals surface area contributed by atoms with Crippen molar-refractivity contribution in [3.63, 3.8) is 0 Å². The van der Waals surface area contributed by atoms with Gasteiger partial charge in [0.25, 0.3) is 0 Å². The van der Waals surface area contributed by atoms with Crippen molar-refractivity contribution in [1.82, 2.24) is 0 Å². The summed E-state index contributed by atoms with van der Waals surface area (Å²) in [7, 11) is 0. The SMILES string of the molecule is CCCCCCCCCCCCCCCC(=O)OC(=O)CCCCCCCCCCCCCCC.O=C(O)c1ccccc1CO. The minimum absolute atomic E-state index is 0.162. The van der Waals surface area contributed by atoms with Crippen molar-refractivity contribution in [3.8, 4) is 0 Å². The van der Waals surface area contributed by atoms with Gasteiger partial charge >= 0.3 is 17.9 Å². The van der Waals surface area contributed by atoms with Gasteiger partial charge in [-0.2, -0.15) is 0 Å². The van der Waals surface area contributed by atoms with Crippen molar-refractivity contribution in [1.29, 1.82) is 0 Å². The van der Waals surface area contributed by atoms with E-state index in [2.05, 4.69) is 13.8 Å². The maximum Gasteiger partial charge on any atom is 0.336 e. The standard InChI is InChI=1S/C32H62O3.C8H8O3/c1-3-5-7-9-11-13-15-17-19-21-23-25-27-29-31(33)35-32(34)30-28-26-24-22-20-18-16-14-12-10-8-6-4-2;9-5-6-3-1-2-4-7(6)8(10)11/h3-30H2,1-2H3;1-4,9H,5H2,(H,10,11). The minimum Gasteiger partial charge on any atom is -0.478 e. The Morgan fingerprint density at radius 1 is 0.500 bits per heavy atom. The minimum atomic E-state index is -1.00. The third-order valence-electron chi connectivity index (χ3n) is 8.61. The first-order chi connectivity index (χ1) is 22.5. The largest absolute Gasteiger partial charge is 0.478 e. The van der Waals surface area contributed by atoms with Gasteiger partial charge in [0.15, 0.2) is 0 Å². The summed E-state index contributed by atoms with van der Waals surface area (Å²) in [6.07, 6.45) is 34.3. The summed E-state index contributed by atoms with van der Waals surface area (Å²) >= 11 is 0. The monoisotopic (exact) mass is 647 g/mol. The van der Waals surface area contributed by atoms with Crippen molar-refractivity contribution in [2.45, 2.75) is 200 Å². The Hall–Kier alpha value is -2.21. The molecule has 0 amide bonds. The molecule has 0 radical (unpaired) electrons. The third kappa shape index (κ3) is 29.2. The van der Waals surface area contributed by atoms with Crippen LogP contribution in [0.15, 0.2) is 24.3 Å². The van der Waals surface area contributed by atoms with E-state index in [-0.39, 0.29) is 24.1 Å². The predicted molar refractivity (Wildman–Crippen MR) is 191 cm³/mol. The lowest BCUT2D eigenvalue weighted by Gasteiger charge is -2.05. The number of aliphatic hydroxyl groups is 1. The van der Waals surface area contributed by atoms with E-state index in [1.54, 1.807) is 18.2 Å². The second kappa shape index (κ2) is 34.1. The zero-order chi connectivity index (χ0) is 33.9. The number of unbranched alkanes of at least 4 members (excludes halogenated alkanes) is 24. The van der Waals surface area contributed by atoms with E-state index in [0.717, 1.165) is 25.7 Å². The van der Waals surface area contributed by atoms with Crippen molar-refractivity contribution >= 4 is 17.9 Å². The predicted octanol–water partition coefficient (Wildman–Crippen LogP) is 11.9. The molecule has 0 aliphatic rings. The molecule has 1 rings (SSSR count). The average molecular weight is 647 g/mol. The van der Waals surface area contributed by atoms with Gasteiger partial charge in [0.05, 0.1) is 12.2 Å². The molecule has 0 saturated heterocycles. The number of hydrogen-bond donors (Lipinski definition) is 2. The number of carbonyl (C=O) groups is 3. The van der Waals surface area contributed by atoms with Crippen LogP contribution >= 0.6 is 0 Å². The molecule has 2 N–H and O–H groups in total. The lowest BCUT2D eigenvalue weighted by Crippen LogP contribution is -2.11. The van der Waals surface area contributed by atoms with Gasteiger partial charge in [0.1, 0.15) is 0 Å². The molecule has 6 nitrogen and oxygen atoms in total. The number of benzene rings is 1. The lowest BCUT2D eigenvalue weighted by atomic mass is 10.0. The number of rotatable bonds is 30. The fraction of sp³-hybridized carbons (Fsp3) is 0.775. The number of carbonyl (C=O) groups excluding carboxylic acids is 2. The molecule has 46 heavy (non-hydrogen) atoms. The fourth-order valence-corrected chi connectivity index (χ4v) is 5.67. The first kappa shape index (κ1) is 43.8. The van der Waals surface area contributed by atoms with Gasteiger partial charge in [-0.05, 0) is 24.5 Å². The second-order valence-corrected chi connectivity index (χ2v) is 13.0. The van der Waals surface area contributed by atoms with E-state index in [4.69, 9.17) is 14.9 Å². The maximum atomic E-state index is 11.8. The molecule has 0 aromatic heterocycles. The lowest BCUT2D eigenvalue weighted by molar-refractivity contribution is -0.159. The van der Waals surface area contributed by atoms with E-state index < -0.39 is 5.97 Å². The first-order valence-corrected chi connectivity index (χ1v) is 19.1. The summed E-state index contributed by atoms with van der Waals surface area (Å²) in [5.41, 5.74) is 0.606. The fourth-order valence-electron chi connectivity index (χ4n) is 5.67. The number of hydrogen-bond acceptors (Lipinski definition) is 5.